The van der Waals surface area contributed by atoms with Crippen LogP contribution < -0.4 is 4.90 Å². The molecule has 0 fully saturated rings. The van der Waals surface area contributed by atoms with Crippen LogP contribution in [0.3, 0.4) is 0 Å². The summed E-state index contributed by atoms with van der Waals surface area (Å²) >= 11 is 5.87. The highest BCUT2D eigenvalue weighted by molar-refractivity contribution is 6.52. The van der Waals surface area contributed by atoms with Crippen LogP contribution in [0.2, 0.25) is 5.02 Å². The Morgan fingerprint density at radius 3 is 2.76 bits per heavy atom. The molecule has 17 heavy (non-hydrogen) atoms. The molecule has 0 saturated carbocycles. The standard InChI is InChI=1S/C12H12ClNO3/c1-7(17-2)6-14-10-5-8(13)3-4-9(10)11(15)12(14)16/h3-5,7H,6H2,1-2H3. The second-order valence-corrected chi connectivity index (χ2v) is 4.39. The molecule has 4 nitrogen and oxygen atoms in total. The van der Waals surface area contributed by atoms with Crippen LogP contribution in [0.1, 0.15) is 17.3 Å². The van der Waals surface area contributed by atoms with Crippen LogP contribution in [0.4, 0.5) is 5.69 Å². The van der Waals surface area contributed by atoms with Gasteiger partial charge < -0.3 is 9.64 Å². The van der Waals surface area contributed by atoms with E-state index in [1.165, 1.54) is 4.90 Å². The monoisotopic (exact) mass is 253 g/mol. The van der Waals surface area contributed by atoms with E-state index in [9.17, 15) is 9.59 Å². The predicted octanol–water partition coefficient (Wildman–Crippen LogP) is 1.90. The smallest absolute Gasteiger partial charge is 0.299 e. The van der Waals surface area contributed by atoms with Crippen molar-refractivity contribution in [3.8, 4) is 0 Å². The fraction of sp³-hybridized carbons (Fsp3) is 0.333. The number of nitrogens with zero attached hydrogens (tertiary/aromatic N) is 1. The number of hydrogen-bond acceptors (Lipinski definition) is 3. The highest BCUT2D eigenvalue weighted by Gasteiger charge is 2.36. The van der Waals surface area contributed by atoms with Gasteiger partial charge in [0, 0.05) is 12.1 Å². The average molecular weight is 254 g/mol. The van der Waals surface area contributed by atoms with Gasteiger partial charge in [-0.2, -0.15) is 0 Å². The number of Topliss-reactive ketones (excluding diaryl/α,β-unsaturated/α-hetero) is 1. The van der Waals surface area contributed by atoms with Crippen LogP contribution in [0, 0.1) is 0 Å². The van der Waals surface area contributed by atoms with Crippen molar-refractivity contribution in [1.82, 2.24) is 0 Å². The molecule has 1 aliphatic heterocycles. The largest absolute Gasteiger partial charge is 0.380 e. The Bertz CT molecular complexity index is 487. The molecule has 1 aromatic carbocycles. The van der Waals surface area contributed by atoms with E-state index in [2.05, 4.69) is 0 Å². The fourth-order valence-corrected chi connectivity index (χ4v) is 1.95. The van der Waals surface area contributed by atoms with Crippen LogP contribution in [0.15, 0.2) is 18.2 Å². The Morgan fingerprint density at radius 2 is 2.12 bits per heavy atom. The van der Waals surface area contributed by atoms with Gasteiger partial charge in [0.05, 0.1) is 23.9 Å². The first-order chi connectivity index (χ1) is 8.04. The summed E-state index contributed by atoms with van der Waals surface area (Å²) in [6.07, 6.45) is -0.142. The van der Waals surface area contributed by atoms with Gasteiger partial charge in [-0.25, -0.2) is 0 Å². The molecule has 0 saturated heterocycles. The van der Waals surface area contributed by atoms with Crippen LogP contribution in [-0.2, 0) is 9.53 Å². The first kappa shape index (κ1) is 12.1. The van der Waals surface area contributed by atoms with Gasteiger partial charge in [0.15, 0.2) is 0 Å². The number of ether oxygens (including phenoxy) is 1. The summed E-state index contributed by atoms with van der Waals surface area (Å²) in [5, 5.41) is 0.501. The molecular formula is C12H12ClNO3. The van der Waals surface area contributed by atoms with Crippen LogP contribution >= 0.6 is 11.6 Å². The summed E-state index contributed by atoms with van der Waals surface area (Å²) in [6.45, 7) is 2.18. The van der Waals surface area contributed by atoms with Gasteiger partial charge in [0.1, 0.15) is 0 Å². The van der Waals surface area contributed by atoms with E-state index in [1.807, 2.05) is 6.92 Å². The lowest BCUT2D eigenvalue weighted by Crippen LogP contribution is -2.36. The molecule has 1 aromatic rings. The van der Waals surface area contributed by atoms with Gasteiger partial charge in [0.25, 0.3) is 11.7 Å². The number of rotatable bonds is 3. The Hall–Kier alpha value is -1.39. The lowest BCUT2D eigenvalue weighted by molar-refractivity contribution is -0.114. The zero-order valence-corrected chi connectivity index (χ0v) is 10.3. The minimum Gasteiger partial charge on any atom is -0.380 e. The van der Waals surface area contributed by atoms with Crippen molar-refractivity contribution in [2.75, 3.05) is 18.6 Å². The molecule has 1 amide bonds. The number of fused-ring (bicyclic) bond motifs is 1. The number of halogens is 1. The van der Waals surface area contributed by atoms with E-state index < -0.39 is 11.7 Å². The average Bonchev–Trinajstić information content (AvgIpc) is 2.54. The SMILES string of the molecule is COC(C)CN1C(=O)C(=O)c2ccc(Cl)cc21. The Balaban J connectivity index is 2.39. The zero-order chi connectivity index (χ0) is 12.6. The van der Waals surface area contributed by atoms with Crippen molar-refractivity contribution >= 4 is 29.0 Å². The van der Waals surface area contributed by atoms with Crippen molar-refractivity contribution in [2.24, 2.45) is 0 Å². The number of ketones is 1. The number of methoxy groups -OCH3 is 1. The minimum atomic E-state index is -0.522. The number of carbonyl (C=O) groups is 2. The summed E-state index contributed by atoms with van der Waals surface area (Å²) in [5.41, 5.74) is 0.971. The Kier molecular flexibility index (Phi) is 3.17. The summed E-state index contributed by atoms with van der Waals surface area (Å²) in [5.74, 6) is -1.01. The lowest BCUT2D eigenvalue weighted by atomic mass is 10.1. The maximum Gasteiger partial charge on any atom is 0.299 e. The molecule has 0 N–H and O–H groups in total. The van der Waals surface area contributed by atoms with Gasteiger partial charge in [-0.15, -0.1) is 0 Å². The normalized spacial score (nSPS) is 16.3. The van der Waals surface area contributed by atoms with Gasteiger partial charge in [-0.3, -0.25) is 9.59 Å². The topological polar surface area (TPSA) is 46.6 Å². The molecule has 0 aliphatic carbocycles. The number of carbonyl (C=O) groups excluding carboxylic acids is 2. The van der Waals surface area contributed by atoms with E-state index >= 15 is 0 Å². The van der Waals surface area contributed by atoms with E-state index in [-0.39, 0.29) is 6.10 Å². The van der Waals surface area contributed by atoms with Crippen molar-refractivity contribution in [3.05, 3.63) is 28.8 Å². The first-order valence-electron chi connectivity index (χ1n) is 5.23. The fourth-order valence-electron chi connectivity index (χ4n) is 1.78. The van der Waals surface area contributed by atoms with E-state index in [1.54, 1.807) is 25.3 Å². The summed E-state index contributed by atoms with van der Waals surface area (Å²) in [6, 6.07) is 4.81. The third-order valence-electron chi connectivity index (χ3n) is 2.78. The molecule has 5 heteroatoms. The highest BCUT2D eigenvalue weighted by Crippen LogP contribution is 2.31. The predicted molar refractivity (Wildman–Crippen MR) is 64.6 cm³/mol. The highest BCUT2D eigenvalue weighted by atomic mass is 35.5. The van der Waals surface area contributed by atoms with Gasteiger partial charge in [-0.05, 0) is 25.1 Å². The van der Waals surface area contributed by atoms with Crippen LogP contribution in [0.25, 0.3) is 0 Å². The molecule has 1 aliphatic rings. The van der Waals surface area contributed by atoms with E-state index in [0.29, 0.717) is 22.8 Å². The summed E-state index contributed by atoms with van der Waals surface area (Å²) in [4.78, 5) is 24.9. The molecule has 1 heterocycles. The Labute approximate surface area is 104 Å². The molecule has 1 atom stereocenters. The van der Waals surface area contributed by atoms with Crippen LogP contribution in [-0.4, -0.2) is 31.4 Å². The van der Waals surface area contributed by atoms with Gasteiger partial charge in [-0.1, -0.05) is 11.6 Å². The maximum absolute atomic E-state index is 11.8. The number of anilines is 1. The van der Waals surface area contributed by atoms with E-state index in [4.69, 9.17) is 16.3 Å². The van der Waals surface area contributed by atoms with Gasteiger partial charge >= 0.3 is 0 Å². The molecule has 90 valence electrons. The third-order valence-corrected chi connectivity index (χ3v) is 3.01. The third kappa shape index (κ3) is 2.06. The quantitative estimate of drug-likeness (QED) is 0.773. The first-order valence-corrected chi connectivity index (χ1v) is 5.61. The van der Waals surface area contributed by atoms with Crippen molar-refractivity contribution in [1.29, 1.82) is 0 Å². The molecule has 0 radical (unpaired) electrons. The molecule has 1 unspecified atom stereocenters. The molecule has 0 aromatic heterocycles. The Morgan fingerprint density at radius 1 is 1.41 bits per heavy atom. The maximum atomic E-state index is 11.8. The second-order valence-electron chi connectivity index (χ2n) is 3.95. The second kappa shape index (κ2) is 4.47. The zero-order valence-electron chi connectivity index (χ0n) is 9.57. The lowest BCUT2D eigenvalue weighted by Gasteiger charge is -2.20. The van der Waals surface area contributed by atoms with E-state index in [0.717, 1.165) is 0 Å². The summed E-state index contributed by atoms with van der Waals surface area (Å²) < 4.78 is 5.10. The number of hydrogen-bond donors (Lipinski definition) is 0. The molecule has 2 rings (SSSR count). The number of amides is 1. The minimum absolute atomic E-state index is 0.142. The molecule has 0 bridgehead atoms. The van der Waals surface area contributed by atoms with Crippen molar-refractivity contribution in [2.45, 2.75) is 13.0 Å². The van der Waals surface area contributed by atoms with Crippen molar-refractivity contribution in [3.63, 3.8) is 0 Å². The molecule has 0 spiro atoms. The van der Waals surface area contributed by atoms with Crippen molar-refractivity contribution < 1.29 is 14.3 Å². The summed E-state index contributed by atoms with van der Waals surface area (Å²) in [7, 11) is 1.56. The van der Waals surface area contributed by atoms with Crippen LogP contribution in [0.5, 0.6) is 0 Å². The van der Waals surface area contributed by atoms with Gasteiger partial charge in [0.2, 0.25) is 0 Å². The molecular weight excluding hydrogens is 242 g/mol. The number of benzene rings is 1.